The Labute approximate surface area is 135 Å². The lowest BCUT2D eigenvalue weighted by Crippen LogP contribution is -2.43. The number of ether oxygens (including phenoxy) is 1. The summed E-state index contributed by atoms with van der Waals surface area (Å²) in [6, 6.07) is 1.66. The van der Waals surface area contributed by atoms with Gasteiger partial charge in [-0.15, -0.1) is 0 Å². The Kier molecular flexibility index (Phi) is 4.72. The summed E-state index contributed by atoms with van der Waals surface area (Å²) in [7, 11) is -3.50. The average molecular weight is 342 g/mol. The number of hydrogen-bond acceptors (Lipinski definition) is 4. The molecule has 3 heterocycles. The van der Waals surface area contributed by atoms with E-state index >= 15 is 0 Å². The van der Waals surface area contributed by atoms with E-state index in [1.807, 2.05) is 4.57 Å². The van der Waals surface area contributed by atoms with Crippen molar-refractivity contribution in [1.29, 1.82) is 0 Å². The molecule has 0 saturated carbocycles. The minimum atomic E-state index is -3.50. The zero-order valence-electron chi connectivity index (χ0n) is 13.0. The molecule has 0 unspecified atom stereocenters. The van der Waals surface area contributed by atoms with E-state index in [1.165, 1.54) is 4.31 Å². The molecule has 0 radical (unpaired) electrons. The molecule has 0 aliphatic carbocycles. The van der Waals surface area contributed by atoms with Gasteiger partial charge >= 0.3 is 0 Å². The SMILES string of the molecule is NC(=O)c1cc(CNS(=O)(=O)N2CCCCC2)n2c1COCC2. The molecule has 23 heavy (non-hydrogen) atoms. The summed E-state index contributed by atoms with van der Waals surface area (Å²) in [5.41, 5.74) is 7.25. The van der Waals surface area contributed by atoms with Crippen molar-refractivity contribution >= 4 is 16.1 Å². The Morgan fingerprint density at radius 3 is 2.70 bits per heavy atom. The van der Waals surface area contributed by atoms with Crippen LogP contribution in [0.15, 0.2) is 6.07 Å². The maximum Gasteiger partial charge on any atom is 0.279 e. The van der Waals surface area contributed by atoms with Crippen LogP contribution in [0.1, 0.15) is 41.0 Å². The van der Waals surface area contributed by atoms with Crippen LogP contribution in [0.2, 0.25) is 0 Å². The van der Waals surface area contributed by atoms with Gasteiger partial charge in [0, 0.05) is 25.3 Å². The molecule has 1 aromatic heterocycles. The fourth-order valence-electron chi connectivity index (χ4n) is 3.13. The Morgan fingerprint density at radius 1 is 1.26 bits per heavy atom. The Balaban J connectivity index is 1.76. The van der Waals surface area contributed by atoms with Gasteiger partial charge in [-0.1, -0.05) is 6.42 Å². The van der Waals surface area contributed by atoms with E-state index in [0.717, 1.165) is 30.7 Å². The van der Waals surface area contributed by atoms with Crippen molar-refractivity contribution in [2.24, 2.45) is 5.73 Å². The molecule has 0 aromatic carbocycles. The van der Waals surface area contributed by atoms with E-state index in [4.69, 9.17) is 10.5 Å². The molecule has 0 bridgehead atoms. The number of carbonyl (C=O) groups excluding carboxylic acids is 1. The number of hydrogen-bond donors (Lipinski definition) is 2. The maximum absolute atomic E-state index is 12.4. The first kappa shape index (κ1) is 16.4. The van der Waals surface area contributed by atoms with Gasteiger partial charge in [0.15, 0.2) is 0 Å². The lowest BCUT2D eigenvalue weighted by atomic mass is 10.2. The van der Waals surface area contributed by atoms with E-state index in [-0.39, 0.29) is 6.54 Å². The highest BCUT2D eigenvalue weighted by Gasteiger charge is 2.26. The predicted molar refractivity (Wildman–Crippen MR) is 83.8 cm³/mol. The number of carbonyl (C=O) groups is 1. The van der Waals surface area contributed by atoms with E-state index in [0.29, 0.717) is 38.4 Å². The van der Waals surface area contributed by atoms with Gasteiger partial charge in [0.1, 0.15) is 0 Å². The van der Waals surface area contributed by atoms with Crippen LogP contribution in [-0.4, -0.2) is 42.9 Å². The van der Waals surface area contributed by atoms with Gasteiger partial charge in [0.2, 0.25) is 0 Å². The van der Waals surface area contributed by atoms with E-state index in [1.54, 1.807) is 6.07 Å². The van der Waals surface area contributed by atoms with Crippen molar-refractivity contribution in [3.63, 3.8) is 0 Å². The summed E-state index contributed by atoms with van der Waals surface area (Å²) < 4.78 is 36.1. The third-order valence-electron chi connectivity index (χ3n) is 4.35. The van der Waals surface area contributed by atoms with Crippen LogP contribution in [0.25, 0.3) is 0 Å². The highest BCUT2D eigenvalue weighted by Crippen LogP contribution is 2.21. The molecular weight excluding hydrogens is 320 g/mol. The second-order valence-electron chi connectivity index (χ2n) is 5.85. The van der Waals surface area contributed by atoms with Gasteiger partial charge in [0.05, 0.1) is 31.0 Å². The third-order valence-corrected chi connectivity index (χ3v) is 5.90. The quantitative estimate of drug-likeness (QED) is 0.781. The molecule has 1 saturated heterocycles. The second-order valence-corrected chi connectivity index (χ2v) is 7.61. The summed E-state index contributed by atoms with van der Waals surface area (Å²) >= 11 is 0. The molecule has 128 valence electrons. The molecule has 1 amide bonds. The topological polar surface area (TPSA) is 107 Å². The van der Waals surface area contributed by atoms with Gasteiger partial charge in [-0.05, 0) is 18.9 Å². The molecule has 8 nitrogen and oxygen atoms in total. The van der Waals surface area contributed by atoms with Gasteiger partial charge in [-0.3, -0.25) is 4.79 Å². The monoisotopic (exact) mass is 342 g/mol. The minimum absolute atomic E-state index is 0.138. The van der Waals surface area contributed by atoms with E-state index in [9.17, 15) is 13.2 Å². The summed E-state index contributed by atoms with van der Waals surface area (Å²) in [5, 5.41) is 0. The molecule has 0 atom stereocenters. The first-order chi connectivity index (χ1) is 11.0. The number of piperidine rings is 1. The molecule has 0 spiro atoms. The van der Waals surface area contributed by atoms with Crippen molar-refractivity contribution in [2.75, 3.05) is 19.7 Å². The van der Waals surface area contributed by atoms with Crippen LogP contribution < -0.4 is 10.5 Å². The zero-order chi connectivity index (χ0) is 16.4. The van der Waals surface area contributed by atoms with Crippen LogP contribution in [0.5, 0.6) is 0 Å². The molecule has 9 heteroatoms. The normalized spacial score (nSPS) is 19.5. The number of nitrogens with one attached hydrogen (secondary N) is 1. The molecule has 1 fully saturated rings. The zero-order valence-corrected chi connectivity index (χ0v) is 13.8. The van der Waals surface area contributed by atoms with Gasteiger partial charge in [-0.2, -0.15) is 17.4 Å². The van der Waals surface area contributed by atoms with Crippen molar-refractivity contribution < 1.29 is 17.9 Å². The summed E-state index contributed by atoms with van der Waals surface area (Å²) in [5.74, 6) is -0.524. The van der Waals surface area contributed by atoms with Gasteiger partial charge in [0.25, 0.3) is 16.1 Å². The lowest BCUT2D eigenvalue weighted by molar-refractivity contribution is 0.0813. The van der Waals surface area contributed by atoms with Crippen LogP contribution in [0.3, 0.4) is 0 Å². The molecule has 3 N–H and O–H groups in total. The number of fused-ring (bicyclic) bond motifs is 1. The number of rotatable bonds is 5. The second kappa shape index (κ2) is 6.60. The molecule has 2 aliphatic heterocycles. The Morgan fingerprint density at radius 2 is 2.00 bits per heavy atom. The van der Waals surface area contributed by atoms with E-state index < -0.39 is 16.1 Å². The van der Waals surface area contributed by atoms with Crippen LogP contribution >= 0.6 is 0 Å². The largest absolute Gasteiger partial charge is 0.373 e. The van der Waals surface area contributed by atoms with Crippen LogP contribution in [-0.2, 0) is 34.6 Å². The van der Waals surface area contributed by atoms with Gasteiger partial charge in [-0.25, -0.2) is 0 Å². The Hall–Kier alpha value is -1.42. The highest BCUT2D eigenvalue weighted by molar-refractivity contribution is 7.87. The fraction of sp³-hybridized carbons (Fsp3) is 0.643. The smallest absolute Gasteiger partial charge is 0.279 e. The first-order valence-electron chi connectivity index (χ1n) is 7.82. The standard InChI is InChI=1S/C14H22N4O4S/c15-14(19)12-8-11(18-6-7-22-10-13(12)18)9-16-23(20,21)17-4-2-1-3-5-17/h8,16H,1-7,9-10H2,(H2,15,19). The number of nitrogens with two attached hydrogens (primary N) is 1. The van der Waals surface area contributed by atoms with Crippen LogP contribution in [0, 0.1) is 0 Å². The number of aromatic nitrogens is 1. The van der Waals surface area contributed by atoms with Crippen LogP contribution in [0.4, 0.5) is 0 Å². The maximum atomic E-state index is 12.4. The third kappa shape index (κ3) is 3.42. The Bertz CT molecular complexity index is 692. The van der Waals surface area contributed by atoms with Gasteiger partial charge < -0.3 is 15.0 Å². The molecular formula is C14H22N4O4S. The lowest BCUT2D eigenvalue weighted by Gasteiger charge is -2.26. The van der Waals surface area contributed by atoms with E-state index in [2.05, 4.69) is 4.72 Å². The number of nitrogens with zero attached hydrogens (tertiary/aromatic N) is 2. The summed E-state index contributed by atoms with van der Waals surface area (Å²) in [4.78, 5) is 11.5. The molecule has 3 rings (SSSR count). The van der Waals surface area contributed by atoms with Crippen molar-refractivity contribution in [2.45, 2.75) is 39.0 Å². The predicted octanol–water partition coefficient (Wildman–Crippen LogP) is -0.0625. The molecule has 2 aliphatic rings. The minimum Gasteiger partial charge on any atom is -0.373 e. The highest BCUT2D eigenvalue weighted by atomic mass is 32.2. The number of primary amides is 1. The first-order valence-corrected chi connectivity index (χ1v) is 9.26. The average Bonchev–Trinajstić information content (AvgIpc) is 2.93. The number of amides is 1. The van der Waals surface area contributed by atoms with Crippen molar-refractivity contribution in [3.05, 3.63) is 23.0 Å². The fourth-order valence-corrected chi connectivity index (χ4v) is 4.38. The molecule has 1 aromatic rings. The van der Waals surface area contributed by atoms with Crippen molar-refractivity contribution in [3.8, 4) is 0 Å². The summed E-state index contributed by atoms with van der Waals surface area (Å²) in [6.45, 7) is 2.69. The summed E-state index contributed by atoms with van der Waals surface area (Å²) in [6.07, 6.45) is 2.86. The van der Waals surface area contributed by atoms with Crippen molar-refractivity contribution in [1.82, 2.24) is 13.6 Å².